The fourth-order valence-corrected chi connectivity index (χ4v) is 1.83. The van der Waals surface area contributed by atoms with Crippen LogP contribution in [0.5, 0.6) is 5.75 Å². The summed E-state index contributed by atoms with van der Waals surface area (Å²) in [4.78, 5) is 7.56. The second-order valence-electron chi connectivity index (χ2n) is 5.52. The van der Waals surface area contributed by atoms with Gasteiger partial charge in [-0.05, 0) is 57.1 Å². The van der Waals surface area contributed by atoms with Gasteiger partial charge < -0.3 is 15.5 Å². The van der Waals surface area contributed by atoms with Crippen molar-refractivity contribution < 1.29 is 4.74 Å². The lowest BCUT2D eigenvalue weighted by atomic mass is 10.1. The van der Waals surface area contributed by atoms with Gasteiger partial charge in [0.15, 0.2) is 0 Å². The number of benzene rings is 1. The average molecular weight is 259 g/mol. The molecule has 4 nitrogen and oxygen atoms in total. The van der Waals surface area contributed by atoms with E-state index in [2.05, 4.69) is 9.97 Å². The summed E-state index contributed by atoms with van der Waals surface area (Å²) in [7, 11) is 0. The highest BCUT2D eigenvalue weighted by Gasteiger charge is 2.11. The highest BCUT2D eigenvalue weighted by molar-refractivity contribution is 5.59. The van der Waals surface area contributed by atoms with E-state index in [1.165, 1.54) is 0 Å². The quantitative estimate of drug-likeness (QED) is 0.887. The van der Waals surface area contributed by atoms with Crippen LogP contribution in [0.1, 0.15) is 26.6 Å². The summed E-state index contributed by atoms with van der Waals surface area (Å²) in [5.74, 6) is 1.80. The SMILES string of the molecule is CC(C)(C)Oc1ccc(-c2cnc(CCN)[nH]2)cc1. The molecule has 2 rings (SSSR count). The molecule has 0 radical (unpaired) electrons. The Labute approximate surface area is 114 Å². The van der Waals surface area contributed by atoms with Crippen LogP contribution in [0.25, 0.3) is 11.3 Å². The van der Waals surface area contributed by atoms with Crippen LogP contribution in [-0.4, -0.2) is 22.1 Å². The van der Waals surface area contributed by atoms with Crippen molar-refractivity contribution in [1.29, 1.82) is 0 Å². The molecule has 0 atom stereocenters. The van der Waals surface area contributed by atoms with E-state index in [-0.39, 0.29) is 5.60 Å². The van der Waals surface area contributed by atoms with E-state index in [4.69, 9.17) is 10.5 Å². The number of aromatic amines is 1. The van der Waals surface area contributed by atoms with Gasteiger partial charge in [0, 0.05) is 6.42 Å². The van der Waals surface area contributed by atoms with Gasteiger partial charge in [0.05, 0.1) is 11.9 Å². The Balaban J connectivity index is 2.13. The highest BCUT2D eigenvalue weighted by Crippen LogP contribution is 2.23. The topological polar surface area (TPSA) is 63.9 Å². The molecule has 1 aromatic heterocycles. The summed E-state index contributed by atoms with van der Waals surface area (Å²) in [5.41, 5.74) is 7.43. The van der Waals surface area contributed by atoms with Crippen LogP contribution in [0.2, 0.25) is 0 Å². The first kappa shape index (κ1) is 13.6. The number of rotatable bonds is 4. The van der Waals surface area contributed by atoms with Crippen LogP contribution in [0.3, 0.4) is 0 Å². The van der Waals surface area contributed by atoms with Crippen LogP contribution < -0.4 is 10.5 Å². The van der Waals surface area contributed by atoms with Gasteiger partial charge in [-0.3, -0.25) is 0 Å². The summed E-state index contributed by atoms with van der Waals surface area (Å²) in [6, 6.07) is 8.01. The number of aromatic nitrogens is 2. The Morgan fingerprint density at radius 2 is 1.89 bits per heavy atom. The lowest BCUT2D eigenvalue weighted by molar-refractivity contribution is 0.131. The predicted molar refractivity (Wildman–Crippen MR) is 77.2 cm³/mol. The fraction of sp³-hybridized carbons (Fsp3) is 0.400. The van der Waals surface area contributed by atoms with E-state index in [1.807, 2.05) is 51.2 Å². The lowest BCUT2D eigenvalue weighted by Crippen LogP contribution is -2.22. The summed E-state index contributed by atoms with van der Waals surface area (Å²) < 4.78 is 5.79. The molecule has 3 N–H and O–H groups in total. The van der Waals surface area contributed by atoms with Crippen LogP contribution in [0.4, 0.5) is 0 Å². The van der Waals surface area contributed by atoms with Crippen LogP contribution in [0.15, 0.2) is 30.5 Å². The van der Waals surface area contributed by atoms with Gasteiger partial charge >= 0.3 is 0 Å². The van der Waals surface area contributed by atoms with E-state index < -0.39 is 0 Å². The summed E-state index contributed by atoms with van der Waals surface area (Å²) in [6.07, 6.45) is 2.61. The minimum Gasteiger partial charge on any atom is -0.488 e. The number of nitrogens with two attached hydrogens (primary N) is 1. The van der Waals surface area contributed by atoms with E-state index >= 15 is 0 Å². The number of ether oxygens (including phenoxy) is 1. The van der Waals surface area contributed by atoms with Crippen molar-refractivity contribution >= 4 is 0 Å². The van der Waals surface area contributed by atoms with Gasteiger partial charge in [-0.1, -0.05) is 0 Å². The molecule has 0 aliphatic carbocycles. The molecule has 0 bridgehead atoms. The Bertz CT molecular complexity index is 523. The number of hydrogen-bond donors (Lipinski definition) is 2. The van der Waals surface area contributed by atoms with Crippen molar-refractivity contribution in [2.75, 3.05) is 6.54 Å². The minimum absolute atomic E-state index is 0.177. The van der Waals surface area contributed by atoms with Crippen LogP contribution >= 0.6 is 0 Å². The third kappa shape index (κ3) is 3.83. The summed E-state index contributed by atoms with van der Waals surface area (Å²) in [6.45, 7) is 6.71. The van der Waals surface area contributed by atoms with Gasteiger partial charge in [-0.2, -0.15) is 0 Å². The Hall–Kier alpha value is -1.81. The largest absolute Gasteiger partial charge is 0.488 e. The molecule has 2 aromatic rings. The molecule has 19 heavy (non-hydrogen) atoms. The minimum atomic E-state index is -0.177. The van der Waals surface area contributed by atoms with E-state index in [1.54, 1.807) is 0 Å². The van der Waals surface area contributed by atoms with Crippen molar-refractivity contribution in [3.63, 3.8) is 0 Å². The number of hydrogen-bond acceptors (Lipinski definition) is 3. The first-order chi connectivity index (χ1) is 8.98. The summed E-state index contributed by atoms with van der Waals surface area (Å²) in [5, 5.41) is 0. The molecule has 0 spiro atoms. The van der Waals surface area contributed by atoms with Gasteiger partial charge in [0.2, 0.25) is 0 Å². The molecule has 0 saturated heterocycles. The average Bonchev–Trinajstić information content (AvgIpc) is 2.77. The highest BCUT2D eigenvalue weighted by atomic mass is 16.5. The Kier molecular flexibility index (Phi) is 3.90. The van der Waals surface area contributed by atoms with Crippen molar-refractivity contribution in [2.45, 2.75) is 32.8 Å². The van der Waals surface area contributed by atoms with Crippen LogP contribution in [0, 0.1) is 0 Å². The Morgan fingerprint density at radius 3 is 2.47 bits per heavy atom. The molecule has 0 fully saturated rings. The molecule has 0 saturated carbocycles. The maximum Gasteiger partial charge on any atom is 0.120 e. The molecule has 4 heteroatoms. The molecule has 1 aromatic carbocycles. The molecule has 0 aliphatic heterocycles. The van der Waals surface area contributed by atoms with Crippen molar-refractivity contribution in [3.05, 3.63) is 36.3 Å². The number of H-pyrrole nitrogens is 1. The second-order valence-corrected chi connectivity index (χ2v) is 5.52. The van der Waals surface area contributed by atoms with E-state index in [0.29, 0.717) is 6.54 Å². The normalized spacial score (nSPS) is 11.6. The van der Waals surface area contributed by atoms with Crippen molar-refractivity contribution in [1.82, 2.24) is 9.97 Å². The first-order valence-electron chi connectivity index (χ1n) is 6.51. The molecule has 102 valence electrons. The predicted octanol–water partition coefficient (Wildman–Crippen LogP) is 2.76. The molecule has 0 amide bonds. The van der Waals surface area contributed by atoms with Gasteiger partial charge in [-0.15, -0.1) is 0 Å². The Morgan fingerprint density at radius 1 is 1.21 bits per heavy atom. The van der Waals surface area contributed by atoms with Gasteiger partial charge in [-0.25, -0.2) is 4.98 Å². The van der Waals surface area contributed by atoms with Gasteiger partial charge in [0.1, 0.15) is 17.2 Å². The molecular weight excluding hydrogens is 238 g/mol. The standard InChI is InChI=1S/C15H21N3O/c1-15(2,3)19-12-6-4-11(5-7-12)13-10-17-14(18-13)8-9-16/h4-7,10H,8-9,16H2,1-3H3,(H,17,18). The molecule has 0 unspecified atom stereocenters. The molecule has 0 aliphatic rings. The van der Waals surface area contributed by atoms with E-state index in [9.17, 15) is 0 Å². The third-order valence-corrected chi connectivity index (χ3v) is 2.60. The molecule has 1 heterocycles. The summed E-state index contributed by atoms with van der Waals surface area (Å²) >= 11 is 0. The van der Waals surface area contributed by atoms with Crippen molar-refractivity contribution in [2.24, 2.45) is 5.73 Å². The van der Waals surface area contributed by atoms with E-state index in [0.717, 1.165) is 29.3 Å². The fourth-order valence-electron chi connectivity index (χ4n) is 1.83. The van der Waals surface area contributed by atoms with Crippen molar-refractivity contribution in [3.8, 4) is 17.0 Å². The monoisotopic (exact) mass is 259 g/mol. The zero-order chi connectivity index (χ0) is 13.9. The molecular formula is C15H21N3O. The number of nitrogens with zero attached hydrogens (tertiary/aromatic N) is 1. The number of nitrogens with one attached hydrogen (secondary N) is 1. The zero-order valence-electron chi connectivity index (χ0n) is 11.7. The second kappa shape index (κ2) is 5.45. The zero-order valence-corrected chi connectivity index (χ0v) is 11.7. The maximum absolute atomic E-state index is 5.79. The third-order valence-electron chi connectivity index (χ3n) is 2.60. The van der Waals surface area contributed by atoms with Gasteiger partial charge in [0.25, 0.3) is 0 Å². The number of imidazole rings is 1. The van der Waals surface area contributed by atoms with Crippen LogP contribution in [-0.2, 0) is 6.42 Å². The smallest absolute Gasteiger partial charge is 0.120 e. The first-order valence-corrected chi connectivity index (χ1v) is 6.51. The maximum atomic E-state index is 5.79. The lowest BCUT2D eigenvalue weighted by Gasteiger charge is -2.21.